The van der Waals surface area contributed by atoms with Gasteiger partial charge in [0.25, 0.3) is 11.8 Å². The van der Waals surface area contributed by atoms with Gasteiger partial charge in [-0.3, -0.25) is 9.59 Å². The fraction of sp³-hybridized carbons (Fsp3) is 0.391. The molecule has 0 aliphatic rings. The summed E-state index contributed by atoms with van der Waals surface area (Å²) >= 11 is 0. The fourth-order valence-electron chi connectivity index (χ4n) is 3.16. The largest absolute Gasteiger partial charge is 0.372 e. The molecule has 0 aliphatic carbocycles. The Bertz CT molecular complexity index is 765. The Balaban J connectivity index is 2.03. The molecule has 0 spiro atoms. The molecule has 150 valence electrons. The summed E-state index contributed by atoms with van der Waals surface area (Å²) in [7, 11) is 0. The van der Waals surface area contributed by atoms with Crippen LogP contribution in [0.15, 0.2) is 48.5 Å². The van der Waals surface area contributed by atoms with Crippen LogP contribution in [0.4, 0.5) is 11.4 Å². The summed E-state index contributed by atoms with van der Waals surface area (Å²) in [5, 5.41) is 2.89. The first-order valence-corrected chi connectivity index (χ1v) is 10.1. The number of amides is 2. The van der Waals surface area contributed by atoms with Gasteiger partial charge in [-0.2, -0.15) is 0 Å². The molecular formula is C23H31N3O2. The third kappa shape index (κ3) is 5.35. The number of anilines is 2. The molecule has 0 heterocycles. The van der Waals surface area contributed by atoms with E-state index in [1.165, 1.54) is 0 Å². The molecule has 0 bridgehead atoms. The molecule has 1 N–H and O–H groups in total. The first kappa shape index (κ1) is 21.5. The summed E-state index contributed by atoms with van der Waals surface area (Å²) in [4.78, 5) is 28.9. The van der Waals surface area contributed by atoms with E-state index in [4.69, 9.17) is 0 Å². The van der Waals surface area contributed by atoms with Crippen molar-refractivity contribution in [3.8, 4) is 0 Å². The lowest BCUT2D eigenvalue weighted by Crippen LogP contribution is -2.30. The lowest BCUT2D eigenvalue weighted by molar-refractivity contribution is 0.0773. The Morgan fingerprint density at radius 3 is 1.86 bits per heavy atom. The topological polar surface area (TPSA) is 52.7 Å². The molecule has 0 saturated carbocycles. The van der Waals surface area contributed by atoms with E-state index >= 15 is 0 Å². The van der Waals surface area contributed by atoms with Crippen molar-refractivity contribution in [3.63, 3.8) is 0 Å². The molecule has 0 aliphatic heterocycles. The number of nitrogens with one attached hydrogen (secondary N) is 1. The molecule has 0 aromatic heterocycles. The van der Waals surface area contributed by atoms with Crippen LogP contribution in [0.25, 0.3) is 0 Å². The van der Waals surface area contributed by atoms with Gasteiger partial charge < -0.3 is 15.1 Å². The minimum atomic E-state index is -0.159. The molecule has 0 atom stereocenters. The van der Waals surface area contributed by atoms with Crippen LogP contribution in [0.1, 0.15) is 54.8 Å². The second-order valence-electron chi connectivity index (χ2n) is 6.64. The molecule has 0 unspecified atom stereocenters. The Morgan fingerprint density at radius 1 is 0.786 bits per heavy atom. The van der Waals surface area contributed by atoms with E-state index in [-0.39, 0.29) is 11.8 Å². The first-order chi connectivity index (χ1) is 13.5. The smallest absolute Gasteiger partial charge is 0.255 e. The SMILES string of the molecule is CCCN(CC)c1ccc(C(=O)Nc2ccc(C(=O)N(CC)CC)cc2)cc1. The van der Waals surface area contributed by atoms with Gasteiger partial charge in [0.15, 0.2) is 0 Å². The molecule has 0 fully saturated rings. The predicted molar refractivity (Wildman–Crippen MR) is 116 cm³/mol. The van der Waals surface area contributed by atoms with Crippen LogP contribution >= 0.6 is 0 Å². The number of rotatable bonds is 9. The Labute approximate surface area is 168 Å². The third-order valence-electron chi connectivity index (χ3n) is 4.81. The van der Waals surface area contributed by atoms with E-state index in [1.807, 2.05) is 38.1 Å². The van der Waals surface area contributed by atoms with E-state index in [9.17, 15) is 9.59 Å². The molecule has 0 saturated heterocycles. The zero-order valence-corrected chi connectivity index (χ0v) is 17.4. The van der Waals surface area contributed by atoms with Gasteiger partial charge in [0, 0.05) is 48.7 Å². The Morgan fingerprint density at radius 2 is 1.36 bits per heavy atom. The van der Waals surface area contributed by atoms with E-state index in [1.54, 1.807) is 29.2 Å². The van der Waals surface area contributed by atoms with Crippen LogP contribution in [-0.2, 0) is 0 Å². The number of nitrogens with zero attached hydrogens (tertiary/aromatic N) is 2. The van der Waals surface area contributed by atoms with Crippen LogP contribution < -0.4 is 10.2 Å². The highest BCUT2D eigenvalue weighted by Gasteiger charge is 2.13. The van der Waals surface area contributed by atoms with Crippen molar-refractivity contribution in [2.75, 3.05) is 36.4 Å². The zero-order chi connectivity index (χ0) is 20.5. The molecule has 2 aromatic carbocycles. The number of carbonyl (C=O) groups excluding carboxylic acids is 2. The highest BCUT2D eigenvalue weighted by atomic mass is 16.2. The summed E-state index contributed by atoms with van der Waals surface area (Å²) in [5.41, 5.74) is 3.03. The van der Waals surface area contributed by atoms with Crippen molar-refractivity contribution in [1.82, 2.24) is 4.90 Å². The highest BCUT2D eigenvalue weighted by molar-refractivity contribution is 6.04. The Hall–Kier alpha value is -2.82. The van der Waals surface area contributed by atoms with Crippen molar-refractivity contribution in [2.24, 2.45) is 0 Å². The summed E-state index contributed by atoms with van der Waals surface area (Å²) in [6.45, 7) is 11.5. The highest BCUT2D eigenvalue weighted by Crippen LogP contribution is 2.17. The predicted octanol–water partition coefficient (Wildman–Crippen LogP) is 4.66. The van der Waals surface area contributed by atoms with Crippen LogP contribution in [0.5, 0.6) is 0 Å². The summed E-state index contributed by atoms with van der Waals surface area (Å²) in [5.74, 6) is -0.154. The van der Waals surface area contributed by atoms with E-state index in [0.29, 0.717) is 29.9 Å². The third-order valence-corrected chi connectivity index (χ3v) is 4.81. The van der Waals surface area contributed by atoms with Gasteiger partial charge in [-0.15, -0.1) is 0 Å². The van der Waals surface area contributed by atoms with Gasteiger partial charge in [0.2, 0.25) is 0 Å². The number of carbonyl (C=O) groups is 2. The van der Waals surface area contributed by atoms with Gasteiger partial charge in [0.05, 0.1) is 0 Å². The van der Waals surface area contributed by atoms with Gasteiger partial charge in [0.1, 0.15) is 0 Å². The molecule has 5 nitrogen and oxygen atoms in total. The monoisotopic (exact) mass is 381 g/mol. The molecule has 2 rings (SSSR count). The second-order valence-corrected chi connectivity index (χ2v) is 6.64. The van der Waals surface area contributed by atoms with Crippen molar-refractivity contribution < 1.29 is 9.59 Å². The minimum absolute atomic E-state index is 0.00558. The zero-order valence-electron chi connectivity index (χ0n) is 17.4. The van der Waals surface area contributed by atoms with Crippen molar-refractivity contribution in [2.45, 2.75) is 34.1 Å². The average molecular weight is 382 g/mol. The van der Waals surface area contributed by atoms with E-state index in [0.717, 1.165) is 25.2 Å². The quantitative estimate of drug-likeness (QED) is 0.687. The maximum Gasteiger partial charge on any atom is 0.255 e. The van der Waals surface area contributed by atoms with Crippen LogP contribution in [0.2, 0.25) is 0 Å². The summed E-state index contributed by atoms with van der Waals surface area (Å²) in [6, 6.07) is 14.7. The molecule has 0 radical (unpaired) electrons. The van der Waals surface area contributed by atoms with Crippen LogP contribution in [0, 0.1) is 0 Å². The summed E-state index contributed by atoms with van der Waals surface area (Å²) in [6.07, 6.45) is 1.09. The van der Waals surface area contributed by atoms with E-state index in [2.05, 4.69) is 24.1 Å². The molecule has 2 aromatic rings. The van der Waals surface area contributed by atoms with Gasteiger partial charge in [-0.1, -0.05) is 6.92 Å². The molecular weight excluding hydrogens is 350 g/mol. The van der Waals surface area contributed by atoms with Crippen LogP contribution in [-0.4, -0.2) is 42.9 Å². The summed E-state index contributed by atoms with van der Waals surface area (Å²) < 4.78 is 0. The van der Waals surface area contributed by atoms with Gasteiger partial charge >= 0.3 is 0 Å². The maximum absolute atomic E-state index is 12.5. The van der Waals surface area contributed by atoms with Crippen molar-refractivity contribution in [3.05, 3.63) is 59.7 Å². The lowest BCUT2D eigenvalue weighted by atomic mass is 10.1. The molecule has 28 heavy (non-hydrogen) atoms. The lowest BCUT2D eigenvalue weighted by Gasteiger charge is -2.22. The maximum atomic E-state index is 12.5. The van der Waals surface area contributed by atoms with Crippen molar-refractivity contribution in [1.29, 1.82) is 0 Å². The van der Waals surface area contributed by atoms with Crippen molar-refractivity contribution >= 4 is 23.2 Å². The average Bonchev–Trinajstić information content (AvgIpc) is 2.73. The standard InChI is InChI=1S/C23H31N3O2/c1-5-17-26(8-4)21-15-11-18(12-16-21)22(27)24-20-13-9-19(10-14-20)23(28)25(6-2)7-3/h9-16H,5-8,17H2,1-4H3,(H,24,27). The van der Waals surface area contributed by atoms with Crippen LogP contribution in [0.3, 0.4) is 0 Å². The first-order valence-electron chi connectivity index (χ1n) is 10.1. The van der Waals surface area contributed by atoms with Gasteiger partial charge in [-0.25, -0.2) is 0 Å². The normalized spacial score (nSPS) is 10.4. The molecule has 5 heteroatoms. The number of hydrogen-bond donors (Lipinski definition) is 1. The molecule has 2 amide bonds. The Kier molecular flexibility index (Phi) is 8.05. The van der Waals surface area contributed by atoms with Gasteiger partial charge in [-0.05, 0) is 75.7 Å². The fourth-order valence-corrected chi connectivity index (χ4v) is 3.16. The number of benzene rings is 2. The number of hydrogen-bond acceptors (Lipinski definition) is 3. The minimum Gasteiger partial charge on any atom is -0.372 e. The van der Waals surface area contributed by atoms with E-state index < -0.39 is 0 Å². The second kappa shape index (κ2) is 10.5.